The van der Waals surface area contributed by atoms with Crippen LogP contribution in [0.3, 0.4) is 0 Å². The highest BCUT2D eigenvalue weighted by molar-refractivity contribution is 5.79. The number of carbonyl (C=O) groups excluding carboxylic acids is 1. The van der Waals surface area contributed by atoms with Gasteiger partial charge in [-0.25, -0.2) is 4.39 Å². The minimum Gasteiger partial charge on any atom is -0.335 e. The molecule has 1 amide bonds. The van der Waals surface area contributed by atoms with Crippen LogP contribution < -0.4 is 0 Å². The van der Waals surface area contributed by atoms with Crippen LogP contribution in [0.25, 0.3) is 0 Å². The Morgan fingerprint density at radius 3 is 2.44 bits per heavy atom. The van der Waals surface area contributed by atoms with Crippen LogP contribution in [0, 0.1) is 5.82 Å². The highest BCUT2D eigenvalue weighted by Gasteiger charge is 2.36. The summed E-state index contributed by atoms with van der Waals surface area (Å²) in [5.74, 6) is -0.726. The lowest BCUT2D eigenvalue weighted by molar-refractivity contribution is -0.140. The predicted octanol–water partition coefficient (Wildman–Crippen LogP) is 4.58. The van der Waals surface area contributed by atoms with Gasteiger partial charge in [0.1, 0.15) is 5.82 Å². The summed E-state index contributed by atoms with van der Waals surface area (Å²) in [4.78, 5) is 14.1. The topological polar surface area (TPSA) is 20.3 Å². The molecule has 0 aromatic heterocycles. The molecule has 0 aliphatic heterocycles. The number of halogens is 4. The fourth-order valence-corrected chi connectivity index (χ4v) is 2.85. The predicted molar refractivity (Wildman–Crippen MR) is 85.1 cm³/mol. The van der Waals surface area contributed by atoms with Crippen molar-refractivity contribution in [2.45, 2.75) is 38.0 Å². The van der Waals surface area contributed by atoms with Gasteiger partial charge in [0.15, 0.2) is 0 Å². The molecule has 1 fully saturated rings. The lowest BCUT2D eigenvalue weighted by atomic mass is 10.1. The average molecular weight is 351 g/mol. The van der Waals surface area contributed by atoms with Gasteiger partial charge < -0.3 is 4.90 Å². The third-order valence-corrected chi connectivity index (χ3v) is 4.22. The van der Waals surface area contributed by atoms with Gasteiger partial charge in [-0.3, -0.25) is 4.79 Å². The SMILES string of the molecule is O=C(Cc1cccc(F)c1)N(Cc1ccccc1C(F)(F)F)C1CC1. The van der Waals surface area contributed by atoms with Gasteiger partial charge in [0.2, 0.25) is 5.91 Å². The Hall–Kier alpha value is -2.37. The number of nitrogens with zero attached hydrogens (tertiary/aromatic N) is 1. The van der Waals surface area contributed by atoms with Crippen molar-refractivity contribution in [1.29, 1.82) is 0 Å². The zero-order valence-corrected chi connectivity index (χ0v) is 13.4. The van der Waals surface area contributed by atoms with Crippen molar-refractivity contribution >= 4 is 5.91 Å². The van der Waals surface area contributed by atoms with E-state index in [4.69, 9.17) is 0 Å². The van der Waals surface area contributed by atoms with Crippen molar-refractivity contribution in [2.75, 3.05) is 0 Å². The lowest BCUT2D eigenvalue weighted by Crippen LogP contribution is -2.34. The second-order valence-electron chi connectivity index (χ2n) is 6.21. The molecule has 3 rings (SSSR count). The van der Waals surface area contributed by atoms with Crippen LogP contribution in [0.2, 0.25) is 0 Å². The van der Waals surface area contributed by atoms with E-state index in [1.54, 1.807) is 6.07 Å². The first-order chi connectivity index (χ1) is 11.8. The van der Waals surface area contributed by atoms with E-state index in [0.717, 1.165) is 18.9 Å². The van der Waals surface area contributed by atoms with Gasteiger partial charge in [-0.05, 0) is 42.2 Å². The van der Waals surface area contributed by atoms with Gasteiger partial charge in [-0.1, -0.05) is 30.3 Å². The van der Waals surface area contributed by atoms with Crippen LogP contribution in [0.5, 0.6) is 0 Å². The van der Waals surface area contributed by atoms with Crippen molar-refractivity contribution in [3.05, 3.63) is 71.0 Å². The van der Waals surface area contributed by atoms with Crippen molar-refractivity contribution in [1.82, 2.24) is 4.90 Å². The van der Waals surface area contributed by atoms with Crippen LogP contribution in [0.4, 0.5) is 17.6 Å². The number of hydrogen-bond donors (Lipinski definition) is 0. The first-order valence-electron chi connectivity index (χ1n) is 8.03. The lowest BCUT2D eigenvalue weighted by Gasteiger charge is -2.24. The largest absolute Gasteiger partial charge is 0.416 e. The Bertz CT molecular complexity index is 768. The van der Waals surface area contributed by atoms with E-state index in [0.29, 0.717) is 5.56 Å². The molecule has 6 heteroatoms. The monoisotopic (exact) mass is 351 g/mol. The molecule has 0 heterocycles. The Kier molecular flexibility index (Phi) is 4.79. The summed E-state index contributed by atoms with van der Waals surface area (Å²) in [6.07, 6.45) is -2.92. The highest BCUT2D eigenvalue weighted by atomic mass is 19.4. The maximum Gasteiger partial charge on any atom is 0.416 e. The van der Waals surface area contributed by atoms with Crippen molar-refractivity contribution in [3.8, 4) is 0 Å². The average Bonchev–Trinajstić information content (AvgIpc) is 3.36. The van der Waals surface area contributed by atoms with E-state index < -0.39 is 17.6 Å². The molecule has 0 N–H and O–H groups in total. The van der Waals surface area contributed by atoms with Crippen LogP contribution in [-0.4, -0.2) is 16.8 Å². The van der Waals surface area contributed by atoms with Gasteiger partial charge in [-0.15, -0.1) is 0 Å². The first kappa shape index (κ1) is 17.5. The molecule has 2 aromatic carbocycles. The van der Waals surface area contributed by atoms with Gasteiger partial charge >= 0.3 is 6.18 Å². The number of benzene rings is 2. The smallest absolute Gasteiger partial charge is 0.335 e. The maximum absolute atomic E-state index is 13.3. The molecule has 1 aliphatic rings. The minimum atomic E-state index is -4.46. The molecule has 0 radical (unpaired) electrons. The third-order valence-electron chi connectivity index (χ3n) is 4.22. The molecule has 0 spiro atoms. The van der Waals surface area contributed by atoms with Gasteiger partial charge in [-0.2, -0.15) is 13.2 Å². The van der Waals surface area contributed by atoms with Crippen molar-refractivity contribution in [3.63, 3.8) is 0 Å². The molecule has 132 valence electrons. The number of hydrogen-bond acceptors (Lipinski definition) is 1. The summed E-state index contributed by atoms with van der Waals surface area (Å²) < 4.78 is 52.8. The molecule has 2 aromatic rings. The van der Waals surface area contributed by atoms with Crippen LogP contribution >= 0.6 is 0 Å². The van der Waals surface area contributed by atoms with Gasteiger partial charge in [0.25, 0.3) is 0 Å². The Labute approximate surface area is 143 Å². The molecule has 0 unspecified atom stereocenters. The van der Waals surface area contributed by atoms with E-state index in [1.807, 2.05) is 0 Å². The van der Waals surface area contributed by atoms with E-state index in [2.05, 4.69) is 0 Å². The van der Waals surface area contributed by atoms with Crippen LogP contribution in [-0.2, 0) is 23.9 Å². The summed E-state index contributed by atoms with van der Waals surface area (Å²) in [5, 5.41) is 0. The zero-order valence-electron chi connectivity index (χ0n) is 13.4. The summed E-state index contributed by atoms with van der Waals surface area (Å²) in [6.45, 7) is -0.0888. The summed E-state index contributed by atoms with van der Waals surface area (Å²) in [5.41, 5.74) is -0.131. The molecule has 0 bridgehead atoms. The second kappa shape index (κ2) is 6.86. The van der Waals surface area contributed by atoms with E-state index in [1.165, 1.54) is 41.3 Å². The summed E-state index contributed by atoms with van der Waals surface area (Å²) in [7, 11) is 0. The molecular formula is C19H17F4NO. The number of alkyl halides is 3. The van der Waals surface area contributed by atoms with Crippen LogP contribution in [0.1, 0.15) is 29.5 Å². The number of carbonyl (C=O) groups is 1. The molecule has 0 saturated heterocycles. The standard InChI is InChI=1S/C19H17F4NO/c20-15-6-3-4-13(10-15)11-18(25)24(16-8-9-16)12-14-5-1-2-7-17(14)19(21,22)23/h1-7,10,16H,8-9,11-12H2. The molecule has 1 saturated carbocycles. The molecule has 2 nitrogen and oxygen atoms in total. The Morgan fingerprint density at radius 2 is 1.80 bits per heavy atom. The second-order valence-corrected chi connectivity index (χ2v) is 6.21. The Balaban J connectivity index is 1.80. The van der Waals surface area contributed by atoms with E-state index in [-0.39, 0.29) is 30.5 Å². The van der Waals surface area contributed by atoms with E-state index >= 15 is 0 Å². The van der Waals surface area contributed by atoms with Gasteiger partial charge in [0.05, 0.1) is 12.0 Å². The zero-order chi connectivity index (χ0) is 18.0. The third kappa shape index (κ3) is 4.38. The molecule has 1 aliphatic carbocycles. The minimum absolute atomic E-state index is 0.0254. The molecule has 25 heavy (non-hydrogen) atoms. The summed E-state index contributed by atoms with van der Waals surface area (Å²) >= 11 is 0. The highest BCUT2D eigenvalue weighted by Crippen LogP contribution is 2.35. The Morgan fingerprint density at radius 1 is 1.08 bits per heavy atom. The number of rotatable bonds is 5. The van der Waals surface area contributed by atoms with Crippen molar-refractivity contribution in [2.24, 2.45) is 0 Å². The summed E-state index contributed by atoms with van der Waals surface area (Å²) in [6, 6.07) is 11.0. The quantitative estimate of drug-likeness (QED) is 0.722. The maximum atomic E-state index is 13.3. The fourth-order valence-electron chi connectivity index (χ4n) is 2.85. The first-order valence-corrected chi connectivity index (χ1v) is 8.03. The fraction of sp³-hybridized carbons (Fsp3) is 0.316. The normalized spacial score (nSPS) is 14.4. The molecule has 0 atom stereocenters. The number of amides is 1. The van der Waals surface area contributed by atoms with Gasteiger partial charge in [0, 0.05) is 12.6 Å². The van der Waals surface area contributed by atoms with E-state index in [9.17, 15) is 22.4 Å². The molecular weight excluding hydrogens is 334 g/mol. The van der Waals surface area contributed by atoms with Crippen LogP contribution in [0.15, 0.2) is 48.5 Å². The van der Waals surface area contributed by atoms with Crippen molar-refractivity contribution < 1.29 is 22.4 Å².